The average Bonchev–Trinajstić information content (AvgIpc) is 3.37. The van der Waals surface area contributed by atoms with Gasteiger partial charge in [0.25, 0.3) is 5.91 Å². The van der Waals surface area contributed by atoms with Crippen molar-refractivity contribution in [2.45, 2.75) is 38.6 Å². The van der Waals surface area contributed by atoms with E-state index in [9.17, 15) is 9.18 Å². The molecular weight excluding hydrogens is 379 g/mol. The molecule has 1 unspecified atom stereocenters. The maximum Gasteiger partial charge on any atom is 0.274 e. The van der Waals surface area contributed by atoms with Gasteiger partial charge in [-0.1, -0.05) is 37.6 Å². The molecule has 0 spiro atoms. The molecule has 0 bridgehead atoms. The minimum absolute atomic E-state index is 0.0352. The number of likely N-dealkylation sites (tertiary alicyclic amines) is 1. The first kappa shape index (κ1) is 20.5. The fourth-order valence-corrected chi connectivity index (χ4v) is 4.29. The number of imidazole rings is 1. The Kier molecular flexibility index (Phi) is 6.13. The number of benzene rings is 1. The van der Waals surface area contributed by atoms with E-state index in [-0.39, 0.29) is 17.6 Å². The van der Waals surface area contributed by atoms with Gasteiger partial charge in [-0.2, -0.15) is 0 Å². The molecular formula is C24H29FN4O. The van der Waals surface area contributed by atoms with Crippen LogP contribution in [0.4, 0.5) is 4.39 Å². The molecule has 0 aliphatic carbocycles. The minimum atomic E-state index is -0.132. The van der Waals surface area contributed by atoms with Gasteiger partial charge >= 0.3 is 0 Å². The number of carbonyl (C=O) groups excluding carboxylic acids is 1. The summed E-state index contributed by atoms with van der Waals surface area (Å²) in [5, 5.41) is 0. The third-order valence-electron chi connectivity index (χ3n) is 6.02. The van der Waals surface area contributed by atoms with E-state index in [0.29, 0.717) is 12.2 Å². The number of unbranched alkanes of at least 4 members (excludes halogenated alkanes) is 1. The van der Waals surface area contributed by atoms with Crippen LogP contribution in [0.2, 0.25) is 0 Å². The Hall–Kier alpha value is -2.73. The molecule has 4 rings (SSSR count). The largest absolute Gasteiger partial charge is 0.340 e. The Labute approximate surface area is 177 Å². The first-order valence-corrected chi connectivity index (χ1v) is 10.8. The smallest absolute Gasteiger partial charge is 0.274 e. The Balaban J connectivity index is 1.58. The average molecular weight is 409 g/mol. The van der Waals surface area contributed by atoms with Crippen molar-refractivity contribution in [1.29, 1.82) is 0 Å². The number of fused-ring (bicyclic) bond motifs is 1. The van der Waals surface area contributed by atoms with E-state index in [1.165, 1.54) is 6.07 Å². The molecule has 0 radical (unpaired) electrons. The molecule has 1 aromatic carbocycles. The summed E-state index contributed by atoms with van der Waals surface area (Å²) in [5.74, 6) is 0.0105. The number of rotatable bonds is 7. The summed E-state index contributed by atoms with van der Waals surface area (Å²) in [7, 11) is 1.84. The summed E-state index contributed by atoms with van der Waals surface area (Å²) in [6, 6.07) is 12.9. The van der Waals surface area contributed by atoms with E-state index in [1.54, 1.807) is 11.0 Å². The van der Waals surface area contributed by atoms with Crippen LogP contribution in [0.1, 0.15) is 53.8 Å². The van der Waals surface area contributed by atoms with Crippen LogP contribution < -0.4 is 0 Å². The van der Waals surface area contributed by atoms with Crippen molar-refractivity contribution in [2.75, 3.05) is 26.7 Å². The molecule has 30 heavy (non-hydrogen) atoms. The van der Waals surface area contributed by atoms with Gasteiger partial charge in [-0.3, -0.25) is 9.69 Å². The lowest BCUT2D eigenvalue weighted by molar-refractivity contribution is 0.0786. The zero-order valence-electron chi connectivity index (χ0n) is 17.7. The summed E-state index contributed by atoms with van der Waals surface area (Å²) in [6.45, 7) is 5.12. The standard InChI is InChI=1S/C24H29FN4O/c1-3-4-13-27(2)24(30)23-21(29-14-8-7-11-22(29)26-23)17-28-15-12-18(16-28)19-9-5-6-10-20(19)25/h5-11,14,18H,3-4,12-13,15-17H2,1-2H3. The van der Waals surface area contributed by atoms with Crippen LogP contribution >= 0.6 is 0 Å². The molecule has 1 aliphatic heterocycles. The van der Waals surface area contributed by atoms with Crippen molar-refractivity contribution in [1.82, 2.24) is 19.2 Å². The first-order valence-electron chi connectivity index (χ1n) is 10.8. The Morgan fingerprint density at radius 2 is 2.03 bits per heavy atom. The lowest BCUT2D eigenvalue weighted by Crippen LogP contribution is -2.30. The third-order valence-corrected chi connectivity index (χ3v) is 6.02. The van der Waals surface area contributed by atoms with Crippen molar-refractivity contribution >= 4 is 11.6 Å². The van der Waals surface area contributed by atoms with Crippen molar-refractivity contribution in [3.05, 3.63) is 71.4 Å². The highest BCUT2D eigenvalue weighted by molar-refractivity contribution is 5.94. The van der Waals surface area contributed by atoms with Crippen LogP contribution in [0.3, 0.4) is 0 Å². The second-order valence-corrected chi connectivity index (χ2v) is 8.16. The van der Waals surface area contributed by atoms with E-state index in [0.717, 1.165) is 55.8 Å². The van der Waals surface area contributed by atoms with Gasteiger partial charge < -0.3 is 9.30 Å². The van der Waals surface area contributed by atoms with Crippen molar-refractivity contribution in [2.24, 2.45) is 0 Å². The Bertz CT molecular complexity index is 1030. The Morgan fingerprint density at radius 3 is 2.83 bits per heavy atom. The van der Waals surface area contributed by atoms with Gasteiger partial charge in [0.05, 0.1) is 5.69 Å². The van der Waals surface area contributed by atoms with Gasteiger partial charge in [-0.15, -0.1) is 0 Å². The maximum absolute atomic E-state index is 14.2. The number of halogens is 1. The lowest BCUT2D eigenvalue weighted by Gasteiger charge is -2.19. The summed E-state index contributed by atoms with van der Waals surface area (Å²) in [5.41, 5.74) is 3.00. The van der Waals surface area contributed by atoms with E-state index in [1.807, 2.05) is 48.0 Å². The topological polar surface area (TPSA) is 40.9 Å². The predicted octanol–water partition coefficient (Wildman–Crippen LogP) is 4.34. The van der Waals surface area contributed by atoms with Crippen LogP contribution in [-0.2, 0) is 6.54 Å². The van der Waals surface area contributed by atoms with Crippen LogP contribution in [0, 0.1) is 5.82 Å². The quantitative estimate of drug-likeness (QED) is 0.584. The molecule has 158 valence electrons. The van der Waals surface area contributed by atoms with Crippen LogP contribution in [-0.4, -0.2) is 51.8 Å². The Morgan fingerprint density at radius 1 is 1.23 bits per heavy atom. The molecule has 1 atom stereocenters. The SMILES string of the molecule is CCCCN(C)C(=O)c1nc2ccccn2c1CN1CCC(c2ccccc2F)C1. The van der Waals surface area contributed by atoms with Gasteiger partial charge in [0.1, 0.15) is 11.5 Å². The highest BCUT2D eigenvalue weighted by Crippen LogP contribution is 2.30. The lowest BCUT2D eigenvalue weighted by atomic mass is 9.98. The van der Waals surface area contributed by atoms with E-state index >= 15 is 0 Å². The number of amides is 1. The second kappa shape index (κ2) is 8.96. The maximum atomic E-state index is 14.2. The van der Waals surface area contributed by atoms with Crippen molar-refractivity contribution in [3.8, 4) is 0 Å². The minimum Gasteiger partial charge on any atom is -0.340 e. The molecule has 0 saturated carbocycles. The van der Waals surface area contributed by atoms with Gasteiger partial charge in [-0.25, -0.2) is 9.37 Å². The normalized spacial score (nSPS) is 17.0. The number of carbonyl (C=O) groups is 1. The highest BCUT2D eigenvalue weighted by Gasteiger charge is 2.29. The van der Waals surface area contributed by atoms with E-state index < -0.39 is 0 Å². The number of hydrogen-bond acceptors (Lipinski definition) is 3. The fourth-order valence-electron chi connectivity index (χ4n) is 4.29. The highest BCUT2D eigenvalue weighted by atomic mass is 19.1. The molecule has 6 heteroatoms. The molecule has 1 amide bonds. The monoisotopic (exact) mass is 408 g/mol. The van der Waals surface area contributed by atoms with Gasteiger partial charge in [0, 0.05) is 38.8 Å². The molecule has 1 aliphatic rings. The number of hydrogen-bond donors (Lipinski definition) is 0. The van der Waals surface area contributed by atoms with Crippen molar-refractivity contribution in [3.63, 3.8) is 0 Å². The van der Waals surface area contributed by atoms with Gasteiger partial charge in [0.15, 0.2) is 5.69 Å². The molecule has 0 N–H and O–H groups in total. The van der Waals surface area contributed by atoms with Gasteiger partial charge in [-0.05, 0) is 43.1 Å². The van der Waals surface area contributed by atoms with Crippen LogP contribution in [0.25, 0.3) is 5.65 Å². The number of aromatic nitrogens is 2. The molecule has 5 nitrogen and oxygen atoms in total. The number of nitrogens with zero attached hydrogens (tertiary/aromatic N) is 4. The summed E-state index contributed by atoms with van der Waals surface area (Å²) in [6.07, 6.45) is 4.89. The molecule has 2 aromatic heterocycles. The number of pyridine rings is 1. The van der Waals surface area contributed by atoms with E-state index in [2.05, 4.69) is 16.8 Å². The molecule has 1 saturated heterocycles. The molecule has 1 fully saturated rings. The predicted molar refractivity (Wildman–Crippen MR) is 116 cm³/mol. The summed E-state index contributed by atoms with van der Waals surface area (Å²) < 4.78 is 16.2. The first-order chi connectivity index (χ1) is 14.6. The zero-order chi connectivity index (χ0) is 21.1. The fraction of sp³-hybridized carbons (Fsp3) is 0.417. The molecule has 3 aromatic rings. The second-order valence-electron chi connectivity index (χ2n) is 8.16. The van der Waals surface area contributed by atoms with Crippen LogP contribution in [0.5, 0.6) is 0 Å². The van der Waals surface area contributed by atoms with Gasteiger partial charge in [0.2, 0.25) is 0 Å². The third kappa shape index (κ3) is 4.10. The molecule has 3 heterocycles. The summed E-state index contributed by atoms with van der Waals surface area (Å²) >= 11 is 0. The zero-order valence-corrected chi connectivity index (χ0v) is 17.7. The summed E-state index contributed by atoms with van der Waals surface area (Å²) in [4.78, 5) is 21.9. The van der Waals surface area contributed by atoms with Crippen LogP contribution in [0.15, 0.2) is 48.7 Å². The van der Waals surface area contributed by atoms with Crippen molar-refractivity contribution < 1.29 is 9.18 Å². The van der Waals surface area contributed by atoms with E-state index in [4.69, 9.17) is 0 Å².